The number of nitrogens with one attached hydrogen (secondary N) is 1. The molecule has 21 heavy (non-hydrogen) atoms. The number of halogens is 2. The molecule has 1 N–H and O–H groups in total. The molecule has 2 nitrogen and oxygen atoms in total. The van der Waals surface area contributed by atoms with Gasteiger partial charge < -0.3 is 10.2 Å². The minimum atomic E-state index is -0.802. The Morgan fingerprint density at radius 2 is 1.76 bits per heavy atom. The van der Waals surface area contributed by atoms with Crippen LogP contribution in [0.3, 0.4) is 0 Å². The average molecular weight is 290 g/mol. The summed E-state index contributed by atoms with van der Waals surface area (Å²) in [6.07, 6.45) is 0.683. The molecule has 0 bridgehead atoms. The maximum Gasteiger partial charge on any atom is 0.163 e. The second kappa shape index (κ2) is 7.18. The molecule has 0 heterocycles. The van der Waals surface area contributed by atoms with Gasteiger partial charge in [-0.2, -0.15) is 0 Å². The summed E-state index contributed by atoms with van der Waals surface area (Å²) < 4.78 is 27.2. The second-order valence-corrected chi connectivity index (χ2v) is 5.03. The molecular weight excluding hydrogens is 270 g/mol. The Morgan fingerprint density at radius 3 is 2.43 bits per heavy atom. The largest absolute Gasteiger partial charge is 0.375 e. The van der Waals surface area contributed by atoms with Gasteiger partial charge in [0.2, 0.25) is 0 Å². The molecule has 2 aromatic carbocycles. The lowest BCUT2D eigenvalue weighted by Crippen LogP contribution is -2.26. The van der Waals surface area contributed by atoms with Gasteiger partial charge in [-0.1, -0.05) is 30.3 Å². The molecule has 0 saturated heterocycles. The van der Waals surface area contributed by atoms with Crippen LogP contribution in [-0.4, -0.2) is 20.6 Å². The first-order valence-electron chi connectivity index (χ1n) is 7.01. The van der Waals surface area contributed by atoms with E-state index in [1.165, 1.54) is 0 Å². The van der Waals surface area contributed by atoms with Crippen LogP contribution in [0.1, 0.15) is 18.0 Å². The van der Waals surface area contributed by atoms with Crippen molar-refractivity contribution in [3.8, 4) is 0 Å². The number of hydrogen-bond acceptors (Lipinski definition) is 2. The molecule has 2 rings (SSSR count). The molecule has 0 spiro atoms. The lowest BCUT2D eigenvalue weighted by molar-refractivity contribution is 0.464. The Hall–Kier alpha value is -1.94. The van der Waals surface area contributed by atoms with E-state index >= 15 is 0 Å². The number of nitrogens with zero attached hydrogens (tertiary/aromatic N) is 1. The van der Waals surface area contributed by atoms with Crippen LogP contribution in [0.15, 0.2) is 48.5 Å². The van der Waals surface area contributed by atoms with Crippen LogP contribution in [0.2, 0.25) is 0 Å². The smallest absolute Gasteiger partial charge is 0.163 e. The molecule has 4 heteroatoms. The van der Waals surface area contributed by atoms with E-state index in [2.05, 4.69) is 10.2 Å². The van der Waals surface area contributed by atoms with Crippen molar-refractivity contribution in [1.29, 1.82) is 0 Å². The zero-order valence-corrected chi connectivity index (χ0v) is 12.3. The third kappa shape index (κ3) is 3.79. The zero-order valence-electron chi connectivity index (χ0n) is 12.3. The SMILES string of the molecule is CNC(CCN(C)c1ccccc1)c1cccc(F)c1F. The fraction of sp³-hybridized carbons (Fsp3) is 0.294. The summed E-state index contributed by atoms with van der Waals surface area (Å²) in [5.41, 5.74) is 1.48. The highest BCUT2D eigenvalue weighted by Gasteiger charge is 2.17. The number of rotatable bonds is 6. The van der Waals surface area contributed by atoms with Gasteiger partial charge in [0.1, 0.15) is 0 Å². The fourth-order valence-electron chi connectivity index (χ4n) is 2.38. The predicted molar refractivity (Wildman–Crippen MR) is 82.5 cm³/mol. The Bertz CT molecular complexity index is 572. The van der Waals surface area contributed by atoms with Gasteiger partial charge in [0.05, 0.1) is 0 Å². The van der Waals surface area contributed by atoms with Crippen molar-refractivity contribution in [3.05, 3.63) is 65.7 Å². The van der Waals surface area contributed by atoms with Gasteiger partial charge in [-0.25, -0.2) is 8.78 Å². The molecule has 0 radical (unpaired) electrons. The first-order chi connectivity index (χ1) is 10.1. The number of hydrogen-bond donors (Lipinski definition) is 1. The van der Waals surface area contributed by atoms with Gasteiger partial charge in [0.25, 0.3) is 0 Å². The van der Waals surface area contributed by atoms with Crippen LogP contribution >= 0.6 is 0 Å². The summed E-state index contributed by atoms with van der Waals surface area (Å²) in [5, 5.41) is 3.06. The van der Waals surface area contributed by atoms with E-state index in [9.17, 15) is 8.78 Å². The summed E-state index contributed by atoms with van der Waals surface area (Å²) in [6.45, 7) is 0.742. The lowest BCUT2D eigenvalue weighted by Gasteiger charge is -2.23. The molecule has 1 atom stereocenters. The predicted octanol–water partition coefficient (Wildman–Crippen LogP) is 3.75. The van der Waals surface area contributed by atoms with Crippen LogP contribution in [0.5, 0.6) is 0 Å². The molecule has 112 valence electrons. The summed E-state index contributed by atoms with van der Waals surface area (Å²) in [4.78, 5) is 2.10. The minimum Gasteiger partial charge on any atom is -0.375 e. The Labute approximate surface area is 124 Å². The van der Waals surface area contributed by atoms with Crippen LogP contribution < -0.4 is 10.2 Å². The van der Waals surface area contributed by atoms with E-state index in [0.29, 0.717) is 12.0 Å². The summed E-state index contributed by atoms with van der Waals surface area (Å²) in [6, 6.07) is 14.1. The van der Waals surface area contributed by atoms with Crippen molar-refractivity contribution < 1.29 is 8.78 Å². The number of benzene rings is 2. The molecule has 0 aliphatic carbocycles. The third-order valence-electron chi connectivity index (χ3n) is 3.66. The molecule has 0 fully saturated rings. The molecule has 0 aliphatic heterocycles. The monoisotopic (exact) mass is 290 g/mol. The van der Waals surface area contributed by atoms with Gasteiger partial charge in [-0.05, 0) is 31.7 Å². The normalized spacial score (nSPS) is 12.2. The van der Waals surface area contributed by atoms with Gasteiger partial charge >= 0.3 is 0 Å². The Morgan fingerprint density at radius 1 is 1.05 bits per heavy atom. The summed E-state index contributed by atoms with van der Waals surface area (Å²) in [7, 11) is 3.75. The van der Waals surface area contributed by atoms with E-state index in [4.69, 9.17) is 0 Å². The topological polar surface area (TPSA) is 15.3 Å². The van der Waals surface area contributed by atoms with Crippen LogP contribution in [0.4, 0.5) is 14.5 Å². The molecule has 2 aromatic rings. The van der Waals surface area contributed by atoms with E-state index < -0.39 is 11.6 Å². The van der Waals surface area contributed by atoms with Crippen molar-refractivity contribution in [2.75, 3.05) is 25.5 Å². The molecule has 1 unspecified atom stereocenters. The number of para-hydroxylation sites is 1. The fourth-order valence-corrected chi connectivity index (χ4v) is 2.38. The second-order valence-electron chi connectivity index (χ2n) is 5.03. The van der Waals surface area contributed by atoms with E-state index in [1.807, 2.05) is 37.4 Å². The molecular formula is C17H20F2N2. The van der Waals surface area contributed by atoms with Crippen molar-refractivity contribution >= 4 is 5.69 Å². The van der Waals surface area contributed by atoms with Crippen LogP contribution in [-0.2, 0) is 0 Å². The molecule has 0 saturated carbocycles. The quantitative estimate of drug-likeness (QED) is 0.871. The Kier molecular flexibility index (Phi) is 5.28. The third-order valence-corrected chi connectivity index (χ3v) is 3.66. The first kappa shape index (κ1) is 15.4. The van der Waals surface area contributed by atoms with Crippen molar-refractivity contribution in [2.24, 2.45) is 0 Å². The van der Waals surface area contributed by atoms with E-state index in [-0.39, 0.29) is 6.04 Å². The maximum absolute atomic E-state index is 13.9. The zero-order chi connectivity index (χ0) is 15.2. The average Bonchev–Trinajstić information content (AvgIpc) is 2.52. The Balaban J connectivity index is 2.05. The van der Waals surface area contributed by atoms with Crippen molar-refractivity contribution in [3.63, 3.8) is 0 Å². The van der Waals surface area contributed by atoms with Crippen LogP contribution in [0, 0.1) is 11.6 Å². The van der Waals surface area contributed by atoms with Gasteiger partial charge in [-0.15, -0.1) is 0 Å². The van der Waals surface area contributed by atoms with Gasteiger partial charge in [0, 0.05) is 30.9 Å². The molecule has 0 amide bonds. The lowest BCUT2D eigenvalue weighted by atomic mass is 10.0. The summed E-state index contributed by atoms with van der Waals surface area (Å²) >= 11 is 0. The van der Waals surface area contributed by atoms with Crippen LogP contribution in [0.25, 0.3) is 0 Å². The van der Waals surface area contributed by atoms with E-state index in [1.54, 1.807) is 19.2 Å². The first-order valence-corrected chi connectivity index (χ1v) is 7.01. The van der Waals surface area contributed by atoms with Crippen molar-refractivity contribution in [1.82, 2.24) is 5.32 Å². The molecule has 0 aromatic heterocycles. The highest BCUT2D eigenvalue weighted by molar-refractivity contribution is 5.44. The highest BCUT2D eigenvalue weighted by Crippen LogP contribution is 2.23. The number of anilines is 1. The van der Waals surface area contributed by atoms with Gasteiger partial charge in [0.15, 0.2) is 11.6 Å². The van der Waals surface area contributed by atoms with E-state index in [0.717, 1.165) is 18.3 Å². The van der Waals surface area contributed by atoms with Crippen molar-refractivity contribution in [2.45, 2.75) is 12.5 Å². The summed E-state index contributed by atoms with van der Waals surface area (Å²) in [5.74, 6) is -1.57. The van der Waals surface area contributed by atoms with Gasteiger partial charge in [-0.3, -0.25) is 0 Å². The molecule has 0 aliphatic rings. The standard InChI is InChI=1S/C17H20F2N2/c1-20-16(14-9-6-10-15(18)17(14)19)11-12-21(2)13-7-4-3-5-8-13/h3-10,16,20H,11-12H2,1-2H3. The highest BCUT2D eigenvalue weighted by atomic mass is 19.2. The maximum atomic E-state index is 13.9. The minimum absolute atomic E-state index is 0.216.